The van der Waals surface area contributed by atoms with E-state index in [0.29, 0.717) is 0 Å². The third-order valence-electron chi connectivity index (χ3n) is 11.9. The number of para-hydroxylation sites is 3. The third kappa shape index (κ3) is 4.47. The molecule has 3 heterocycles. The lowest BCUT2D eigenvalue weighted by Gasteiger charge is -2.22. The Labute approximate surface area is 323 Å². The van der Waals surface area contributed by atoms with Crippen LogP contribution in [-0.2, 0) is 0 Å². The molecule has 0 aliphatic carbocycles. The molecule has 11 aromatic rings. The smallest absolute Gasteiger partial charge is 0.198 e. The van der Waals surface area contributed by atoms with Crippen molar-refractivity contribution < 1.29 is 4.74 Å². The normalized spacial score (nSPS) is 14.1. The summed E-state index contributed by atoms with van der Waals surface area (Å²) in [6, 6.07) is 68.3. The fraction of sp³-hybridized carbons (Fsp3) is 0.0385. The Morgan fingerprint density at radius 2 is 0.964 bits per heavy atom. The molecule has 0 amide bonds. The average Bonchev–Trinajstić information content (AvgIpc) is 3.90. The van der Waals surface area contributed by atoms with Crippen molar-refractivity contribution in [3.8, 4) is 28.3 Å². The Bertz CT molecular complexity index is 3360. The van der Waals surface area contributed by atoms with Crippen LogP contribution < -0.4 is 9.64 Å². The van der Waals surface area contributed by atoms with Crippen molar-refractivity contribution in [2.45, 2.75) is 6.23 Å². The summed E-state index contributed by atoms with van der Waals surface area (Å²) in [7, 11) is 2.14. The maximum Gasteiger partial charge on any atom is 0.198 e. The molecule has 2 aromatic heterocycles. The van der Waals surface area contributed by atoms with Gasteiger partial charge in [-0.3, -0.25) is 0 Å². The maximum atomic E-state index is 6.56. The molecule has 0 radical (unpaired) electrons. The van der Waals surface area contributed by atoms with Gasteiger partial charge >= 0.3 is 0 Å². The summed E-state index contributed by atoms with van der Waals surface area (Å²) in [6.07, 6.45) is -0.162. The highest BCUT2D eigenvalue weighted by molar-refractivity contribution is 6.17. The van der Waals surface area contributed by atoms with Gasteiger partial charge in [-0.2, -0.15) is 0 Å². The first kappa shape index (κ1) is 31.1. The monoisotopic (exact) mass is 717 g/mol. The molecule has 0 N–H and O–H groups in total. The molecule has 1 atom stereocenters. The van der Waals surface area contributed by atoms with Crippen LogP contribution in [0, 0.1) is 0 Å². The lowest BCUT2D eigenvalue weighted by atomic mass is 9.99. The molecule has 4 nitrogen and oxygen atoms in total. The molecule has 1 aliphatic heterocycles. The summed E-state index contributed by atoms with van der Waals surface area (Å²) in [4.78, 5) is 2.28. The Balaban J connectivity index is 0.994. The van der Waals surface area contributed by atoms with E-state index in [-0.39, 0.29) is 6.23 Å². The van der Waals surface area contributed by atoms with Crippen molar-refractivity contribution in [3.05, 3.63) is 194 Å². The minimum absolute atomic E-state index is 0.162. The van der Waals surface area contributed by atoms with Crippen LogP contribution in [0.5, 0.6) is 5.75 Å². The van der Waals surface area contributed by atoms with Gasteiger partial charge in [0.2, 0.25) is 0 Å². The second-order valence-electron chi connectivity index (χ2n) is 15.0. The van der Waals surface area contributed by atoms with Gasteiger partial charge in [-0.05, 0) is 94.0 Å². The molecule has 9 aromatic carbocycles. The summed E-state index contributed by atoms with van der Waals surface area (Å²) < 4.78 is 11.4. The zero-order valence-electron chi connectivity index (χ0n) is 30.7. The first-order valence-electron chi connectivity index (χ1n) is 19.3. The van der Waals surface area contributed by atoms with Gasteiger partial charge < -0.3 is 18.8 Å². The van der Waals surface area contributed by atoms with E-state index in [1.807, 2.05) is 0 Å². The highest BCUT2D eigenvalue weighted by Gasteiger charge is 2.31. The number of nitrogens with zero attached hydrogens (tertiary/aromatic N) is 3. The van der Waals surface area contributed by atoms with Crippen LogP contribution >= 0.6 is 0 Å². The first-order chi connectivity index (χ1) is 27.7. The number of aromatic nitrogens is 2. The minimum atomic E-state index is -0.162. The molecular formula is C52H35N3O. The SMILES string of the molecule is CN1c2c(ccc3ccc4cc(-n5c6ccccc6c6cc(-c7ccc8c(c7)c7ccccc7n8-c7ccccc7)ccc65)ccc4c23)OC1c1ccccc1. The number of rotatable bonds is 4. The summed E-state index contributed by atoms with van der Waals surface area (Å²) in [5.74, 6) is 0.921. The number of hydrogen-bond acceptors (Lipinski definition) is 2. The van der Waals surface area contributed by atoms with E-state index in [4.69, 9.17) is 4.74 Å². The number of ether oxygens (including phenoxy) is 1. The van der Waals surface area contributed by atoms with Crippen molar-refractivity contribution in [2.24, 2.45) is 0 Å². The lowest BCUT2D eigenvalue weighted by molar-refractivity contribution is 0.235. The molecule has 1 aliphatic rings. The van der Waals surface area contributed by atoms with Gasteiger partial charge in [0, 0.05) is 50.9 Å². The van der Waals surface area contributed by atoms with E-state index in [2.05, 4.69) is 209 Å². The number of anilines is 1. The second-order valence-corrected chi connectivity index (χ2v) is 15.0. The molecule has 1 unspecified atom stereocenters. The molecular weight excluding hydrogens is 683 g/mol. The Kier molecular flexibility index (Phi) is 6.58. The average molecular weight is 718 g/mol. The summed E-state index contributed by atoms with van der Waals surface area (Å²) in [6.45, 7) is 0. The van der Waals surface area contributed by atoms with Crippen LogP contribution in [-0.4, -0.2) is 16.2 Å². The number of benzene rings is 9. The van der Waals surface area contributed by atoms with Crippen LogP contribution in [0.1, 0.15) is 11.8 Å². The standard InChI is InChI=1S/C52H35N3O/c1-53-51-49(56-52(53)34-12-4-2-5-13-34)29-24-33-20-21-37-30-39(25-26-40(37)50(33)51)55-46-19-11-9-17-42(46)44-32-36(23-28-48(44)55)35-22-27-47-43(31-35)41-16-8-10-18-45(41)54(47)38-14-6-3-7-15-38/h2-32,52H,1H3. The molecule has 0 saturated heterocycles. The van der Waals surface area contributed by atoms with Gasteiger partial charge in [0.05, 0.1) is 27.8 Å². The molecule has 0 spiro atoms. The second kappa shape index (κ2) is 11.8. The number of fused-ring (bicyclic) bond motifs is 11. The van der Waals surface area contributed by atoms with E-state index >= 15 is 0 Å². The van der Waals surface area contributed by atoms with Gasteiger partial charge in [0.15, 0.2) is 6.23 Å². The number of hydrogen-bond donors (Lipinski definition) is 0. The molecule has 12 rings (SSSR count). The molecule has 0 fully saturated rings. The predicted molar refractivity (Wildman–Crippen MR) is 234 cm³/mol. The molecule has 0 bridgehead atoms. The minimum Gasteiger partial charge on any atom is -0.464 e. The van der Waals surface area contributed by atoms with Gasteiger partial charge in [0.1, 0.15) is 5.75 Å². The molecule has 0 saturated carbocycles. The first-order valence-corrected chi connectivity index (χ1v) is 19.3. The Morgan fingerprint density at radius 3 is 1.64 bits per heavy atom. The topological polar surface area (TPSA) is 22.3 Å². The summed E-state index contributed by atoms with van der Waals surface area (Å²) in [5.41, 5.74) is 11.8. The van der Waals surface area contributed by atoms with E-state index in [9.17, 15) is 0 Å². The van der Waals surface area contributed by atoms with E-state index < -0.39 is 0 Å². The highest BCUT2D eigenvalue weighted by atomic mass is 16.5. The van der Waals surface area contributed by atoms with Crippen molar-refractivity contribution in [1.29, 1.82) is 0 Å². The Hall–Kier alpha value is -7.30. The third-order valence-corrected chi connectivity index (χ3v) is 11.9. The Morgan fingerprint density at radius 1 is 0.411 bits per heavy atom. The van der Waals surface area contributed by atoms with Crippen molar-refractivity contribution in [3.63, 3.8) is 0 Å². The van der Waals surface area contributed by atoms with E-state index in [0.717, 1.165) is 22.7 Å². The van der Waals surface area contributed by atoms with Crippen LogP contribution in [0.15, 0.2) is 188 Å². The highest BCUT2D eigenvalue weighted by Crippen LogP contribution is 2.49. The summed E-state index contributed by atoms with van der Waals surface area (Å²) in [5, 5.41) is 9.86. The summed E-state index contributed by atoms with van der Waals surface area (Å²) >= 11 is 0. The van der Waals surface area contributed by atoms with Crippen molar-refractivity contribution >= 4 is 70.8 Å². The van der Waals surface area contributed by atoms with Crippen LogP contribution in [0.3, 0.4) is 0 Å². The quantitative estimate of drug-likeness (QED) is 0.169. The lowest BCUT2D eigenvalue weighted by Crippen LogP contribution is -2.22. The van der Waals surface area contributed by atoms with Crippen LogP contribution in [0.4, 0.5) is 5.69 Å². The van der Waals surface area contributed by atoms with E-state index in [1.165, 1.54) is 82.0 Å². The van der Waals surface area contributed by atoms with E-state index in [1.54, 1.807) is 0 Å². The van der Waals surface area contributed by atoms with Gasteiger partial charge in [-0.1, -0.05) is 121 Å². The van der Waals surface area contributed by atoms with Crippen molar-refractivity contribution in [2.75, 3.05) is 11.9 Å². The van der Waals surface area contributed by atoms with Crippen molar-refractivity contribution in [1.82, 2.24) is 9.13 Å². The van der Waals surface area contributed by atoms with Crippen LogP contribution in [0.25, 0.3) is 87.7 Å². The fourth-order valence-electron chi connectivity index (χ4n) is 9.35. The van der Waals surface area contributed by atoms with Crippen LogP contribution in [0.2, 0.25) is 0 Å². The predicted octanol–water partition coefficient (Wildman–Crippen LogP) is 13.4. The zero-order valence-corrected chi connectivity index (χ0v) is 30.7. The fourth-order valence-corrected chi connectivity index (χ4v) is 9.35. The molecule has 4 heteroatoms. The van der Waals surface area contributed by atoms with Gasteiger partial charge in [0.25, 0.3) is 0 Å². The zero-order chi connectivity index (χ0) is 36.9. The van der Waals surface area contributed by atoms with Gasteiger partial charge in [-0.25, -0.2) is 0 Å². The maximum absolute atomic E-state index is 6.56. The molecule has 56 heavy (non-hydrogen) atoms. The molecule has 264 valence electrons. The largest absolute Gasteiger partial charge is 0.464 e. The van der Waals surface area contributed by atoms with Gasteiger partial charge in [-0.15, -0.1) is 0 Å².